The Balaban J connectivity index is 1.95. The van der Waals surface area contributed by atoms with Gasteiger partial charge >= 0.3 is 5.97 Å². The SMILES string of the molecule is CC(C)CC(NCc1cnc(-c2cccs2)s1)C(=O)O. The molecule has 2 aromatic heterocycles. The van der Waals surface area contributed by atoms with Crippen molar-refractivity contribution in [2.24, 2.45) is 5.92 Å². The van der Waals surface area contributed by atoms with Crippen molar-refractivity contribution in [1.82, 2.24) is 10.3 Å². The summed E-state index contributed by atoms with van der Waals surface area (Å²) in [5, 5.41) is 15.3. The molecule has 0 spiro atoms. The quantitative estimate of drug-likeness (QED) is 0.822. The maximum Gasteiger partial charge on any atom is 0.320 e. The molecule has 4 nitrogen and oxygen atoms in total. The smallest absolute Gasteiger partial charge is 0.320 e. The van der Waals surface area contributed by atoms with Gasteiger partial charge in [0.15, 0.2) is 0 Å². The lowest BCUT2D eigenvalue weighted by molar-refractivity contribution is -0.140. The van der Waals surface area contributed by atoms with Gasteiger partial charge in [0, 0.05) is 17.6 Å². The molecule has 0 aromatic carbocycles. The summed E-state index contributed by atoms with van der Waals surface area (Å²) in [6, 6.07) is 3.55. The second-order valence-electron chi connectivity index (χ2n) is 5.01. The highest BCUT2D eigenvalue weighted by Crippen LogP contribution is 2.28. The Bertz CT molecular complexity index is 549. The van der Waals surface area contributed by atoms with Crippen molar-refractivity contribution >= 4 is 28.6 Å². The first kappa shape index (κ1) is 15.2. The first-order valence-corrected chi connectivity index (χ1v) is 8.20. The van der Waals surface area contributed by atoms with E-state index in [4.69, 9.17) is 0 Å². The molecule has 0 saturated heterocycles. The van der Waals surface area contributed by atoms with Crippen LogP contribution < -0.4 is 5.32 Å². The number of nitrogens with zero attached hydrogens (tertiary/aromatic N) is 1. The number of thiazole rings is 1. The third kappa shape index (κ3) is 4.13. The lowest BCUT2D eigenvalue weighted by Crippen LogP contribution is -2.37. The van der Waals surface area contributed by atoms with E-state index in [0.29, 0.717) is 18.9 Å². The minimum atomic E-state index is -0.790. The van der Waals surface area contributed by atoms with E-state index in [2.05, 4.69) is 10.3 Å². The molecule has 1 atom stereocenters. The van der Waals surface area contributed by atoms with Crippen LogP contribution in [0, 0.1) is 5.92 Å². The van der Waals surface area contributed by atoms with Crippen LogP contribution in [0.4, 0.5) is 0 Å². The second-order valence-corrected chi connectivity index (χ2v) is 7.07. The Labute approximate surface area is 126 Å². The Kier molecular flexibility index (Phi) is 5.28. The largest absolute Gasteiger partial charge is 0.480 e. The van der Waals surface area contributed by atoms with E-state index in [1.54, 1.807) is 22.7 Å². The molecule has 20 heavy (non-hydrogen) atoms. The fraction of sp³-hybridized carbons (Fsp3) is 0.429. The van der Waals surface area contributed by atoms with Crippen molar-refractivity contribution in [3.8, 4) is 9.88 Å². The molecule has 0 amide bonds. The second kappa shape index (κ2) is 6.97. The standard InChI is InChI=1S/C14H18N2O2S2/c1-9(2)6-11(14(17)18)15-7-10-8-16-13(20-10)12-4-3-5-19-12/h3-5,8-9,11,15H,6-7H2,1-2H3,(H,17,18). The van der Waals surface area contributed by atoms with Gasteiger partial charge in [0.1, 0.15) is 11.0 Å². The number of hydrogen-bond acceptors (Lipinski definition) is 5. The Morgan fingerprint density at radius 2 is 2.30 bits per heavy atom. The molecule has 2 N–H and O–H groups in total. The van der Waals surface area contributed by atoms with Crippen LogP contribution in [0.5, 0.6) is 0 Å². The third-order valence-corrected chi connectivity index (χ3v) is 4.85. The first-order chi connectivity index (χ1) is 9.56. The summed E-state index contributed by atoms with van der Waals surface area (Å²) in [5.74, 6) is -0.437. The average molecular weight is 310 g/mol. The number of thiophene rings is 1. The van der Waals surface area contributed by atoms with Gasteiger partial charge in [-0.1, -0.05) is 19.9 Å². The minimum absolute atomic E-state index is 0.353. The van der Waals surface area contributed by atoms with Gasteiger partial charge in [-0.05, 0) is 23.8 Å². The van der Waals surface area contributed by atoms with Gasteiger partial charge in [-0.3, -0.25) is 10.1 Å². The highest BCUT2D eigenvalue weighted by Gasteiger charge is 2.18. The molecule has 0 bridgehead atoms. The number of rotatable bonds is 7. The molecular formula is C14H18N2O2S2. The van der Waals surface area contributed by atoms with Gasteiger partial charge in [0.05, 0.1) is 4.88 Å². The number of carboxylic acids is 1. The average Bonchev–Trinajstić information content (AvgIpc) is 3.03. The molecule has 2 aromatic rings. The van der Waals surface area contributed by atoms with Gasteiger partial charge in [-0.15, -0.1) is 22.7 Å². The summed E-state index contributed by atoms with van der Waals surface area (Å²) in [7, 11) is 0. The highest BCUT2D eigenvalue weighted by molar-refractivity contribution is 7.20. The molecule has 0 fully saturated rings. The lowest BCUT2D eigenvalue weighted by atomic mass is 10.0. The van der Waals surface area contributed by atoms with E-state index < -0.39 is 12.0 Å². The number of aliphatic carboxylic acids is 1. The van der Waals surface area contributed by atoms with E-state index in [1.165, 1.54) is 0 Å². The summed E-state index contributed by atoms with van der Waals surface area (Å²) in [4.78, 5) is 17.8. The van der Waals surface area contributed by atoms with Gasteiger partial charge < -0.3 is 5.11 Å². The summed E-state index contributed by atoms with van der Waals surface area (Å²) in [6.45, 7) is 4.60. The Morgan fingerprint density at radius 1 is 1.50 bits per heavy atom. The van der Waals surface area contributed by atoms with Crippen LogP contribution in [0.15, 0.2) is 23.7 Å². The van der Waals surface area contributed by atoms with Crippen LogP contribution in [0.25, 0.3) is 9.88 Å². The minimum Gasteiger partial charge on any atom is -0.480 e. The maximum atomic E-state index is 11.2. The Morgan fingerprint density at radius 3 is 2.90 bits per heavy atom. The molecule has 0 aliphatic carbocycles. The number of nitrogens with one attached hydrogen (secondary N) is 1. The zero-order valence-electron chi connectivity index (χ0n) is 11.5. The van der Waals surface area contributed by atoms with Gasteiger partial charge in [0.2, 0.25) is 0 Å². The third-order valence-electron chi connectivity index (χ3n) is 2.81. The van der Waals surface area contributed by atoms with Crippen LogP contribution in [0.3, 0.4) is 0 Å². The molecule has 2 heterocycles. The van der Waals surface area contributed by atoms with Crippen molar-refractivity contribution < 1.29 is 9.90 Å². The zero-order valence-corrected chi connectivity index (χ0v) is 13.1. The van der Waals surface area contributed by atoms with Crippen molar-refractivity contribution in [3.63, 3.8) is 0 Å². The number of aromatic nitrogens is 1. The zero-order chi connectivity index (χ0) is 14.5. The molecule has 6 heteroatoms. The summed E-state index contributed by atoms with van der Waals surface area (Å²) in [6.07, 6.45) is 2.45. The molecule has 2 rings (SSSR count). The van der Waals surface area contributed by atoms with E-state index in [-0.39, 0.29) is 0 Å². The van der Waals surface area contributed by atoms with Crippen molar-refractivity contribution in [3.05, 3.63) is 28.6 Å². The van der Waals surface area contributed by atoms with Crippen LogP contribution >= 0.6 is 22.7 Å². The molecule has 1 unspecified atom stereocenters. The van der Waals surface area contributed by atoms with Crippen LogP contribution in [-0.2, 0) is 11.3 Å². The van der Waals surface area contributed by atoms with E-state index in [0.717, 1.165) is 14.8 Å². The van der Waals surface area contributed by atoms with Crippen LogP contribution in [0.2, 0.25) is 0 Å². The fourth-order valence-corrected chi connectivity index (χ4v) is 3.54. The van der Waals surface area contributed by atoms with Gasteiger partial charge in [-0.25, -0.2) is 4.98 Å². The van der Waals surface area contributed by atoms with E-state index in [1.807, 2.05) is 37.6 Å². The van der Waals surface area contributed by atoms with Gasteiger partial charge in [0.25, 0.3) is 0 Å². The molecule has 0 saturated carbocycles. The Hall–Kier alpha value is -1.24. The van der Waals surface area contributed by atoms with Gasteiger partial charge in [-0.2, -0.15) is 0 Å². The highest BCUT2D eigenvalue weighted by atomic mass is 32.1. The molecule has 0 radical (unpaired) electrons. The van der Waals surface area contributed by atoms with Crippen molar-refractivity contribution in [2.75, 3.05) is 0 Å². The fourth-order valence-electron chi connectivity index (χ4n) is 1.87. The molecule has 0 aliphatic heterocycles. The number of hydrogen-bond donors (Lipinski definition) is 2. The number of carboxylic acid groups (broad SMARTS) is 1. The topological polar surface area (TPSA) is 62.2 Å². The van der Waals surface area contributed by atoms with Crippen LogP contribution in [0.1, 0.15) is 25.1 Å². The van der Waals surface area contributed by atoms with E-state index in [9.17, 15) is 9.90 Å². The summed E-state index contributed by atoms with van der Waals surface area (Å²) in [5.41, 5.74) is 0. The van der Waals surface area contributed by atoms with Crippen LogP contribution in [-0.4, -0.2) is 22.1 Å². The predicted molar refractivity (Wildman–Crippen MR) is 83.1 cm³/mol. The monoisotopic (exact) mass is 310 g/mol. The predicted octanol–water partition coefficient (Wildman–Crippen LogP) is 3.46. The lowest BCUT2D eigenvalue weighted by Gasteiger charge is -2.15. The normalized spacial score (nSPS) is 12.8. The van der Waals surface area contributed by atoms with Crippen molar-refractivity contribution in [2.45, 2.75) is 32.9 Å². The summed E-state index contributed by atoms with van der Waals surface area (Å²) < 4.78 is 0. The van der Waals surface area contributed by atoms with E-state index >= 15 is 0 Å². The summed E-state index contributed by atoms with van der Waals surface area (Å²) >= 11 is 3.27. The van der Waals surface area contributed by atoms with Crippen molar-refractivity contribution in [1.29, 1.82) is 0 Å². The molecule has 0 aliphatic rings. The maximum absolute atomic E-state index is 11.2. The first-order valence-electron chi connectivity index (χ1n) is 6.51. The number of carbonyl (C=O) groups is 1. The molecule has 108 valence electrons. The molecular weight excluding hydrogens is 292 g/mol.